The average Bonchev–Trinajstić information content (AvgIpc) is 2.98. The first-order chi connectivity index (χ1) is 12.5. The molecule has 1 aliphatic rings. The lowest BCUT2D eigenvalue weighted by Crippen LogP contribution is -2.25. The third kappa shape index (κ3) is 2.86. The van der Waals surface area contributed by atoms with E-state index >= 15 is 0 Å². The number of halogens is 1. The summed E-state index contributed by atoms with van der Waals surface area (Å²) in [4.78, 5) is 29.0. The molecule has 6 nitrogen and oxygen atoms in total. The highest BCUT2D eigenvalue weighted by Gasteiger charge is 2.33. The number of fused-ring (bicyclic) bond motifs is 2. The van der Waals surface area contributed by atoms with Gasteiger partial charge in [-0.3, -0.25) is 9.78 Å². The molecule has 1 aliphatic heterocycles. The Bertz CT molecular complexity index is 985. The van der Waals surface area contributed by atoms with Gasteiger partial charge >= 0.3 is 0 Å². The topological polar surface area (TPSA) is 62.2 Å². The molecule has 0 N–H and O–H groups in total. The molecule has 0 spiro atoms. The maximum atomic E-state index is 12.3. The van der Waals surface area contributed by atoms with E-state index in [0.717, 1.165) is 28.0 Å². The van der Waals surface area contributed by atoms with Crippen molar-refractivity contribution in [2.75, 3.05) is 25.5 Å². The molecule has 1 aromatic carbocycles. The van der Waals surface area contributed by atoms with Crippen molar-refractivity contribution in [3.63, 3.8) is 0 Å². The van der Waals surface area contributed by atoms with Crippen molar-refractivity contribution in [1.82, 2.24) is 19.9 Å². The number of hydrogen-bond acceptors (Lipinski definition) is 5. The van der Waals surface area contributed by atoms with Crippen molar-refractivity contribution in [2.24, 2.45) is 0 Å². The molecule has 0 radical (unpaired) electrons. The molecule has 0 bridgehead atoms. The fourth-order valence-corrected chi connectivity index (χ4v) is 3.57. The molecule has 0 fully saturated rings. The van der Waals surface area contributed by atoms with E-state index in [0.29, 0.717) is 18.0 Å². The summed E-state index contributed by atoms with van der Waals surface area (Å²) in [5, 5.41) is 1.60. The quantitative estimate of drug-likeness (QED) is 0.710. The summed E-state index contributed by atoms with van der Waals surface area (Å²) in [7, 11) is 3.55. The van der Waals surface area contributed by atoms with E-state index in [4.69, 9.17) is 11.6 Å². The SMILES string of the molecule is CN(C)C(=O)CC1CN(c2ncnc3cnccc23)c2ccc(Cl)cc21. The van der Waals surface area contributed by atoms with Crippen molar-refractivity contribution in [3.8, 4) is 0 Å². The molecule has 132 valence electrons. The second-order valence-electron chi connectivity index (χ2n) is 6.59. The number of anilines is 2. The molecule has 3 heterocycles. The van der Waals surface area contributed by atoms with E-state index in [2.05, 4.69) is 19.9 Å². The van der Waals surface area contributed by atoms with Crippen molar-refractivity contribution in [1.29, 1.82) is 0 Å². The van der Waals surface area contributed by atoms with Gasteiger partial charge in [0.25, 0.3) is 0 Å². The van der Waals surface area contributed by atoms with E-state index in [1.807, 2.05) is 24.3 Å². The molecule has 1 atom stereocenters. The predicted molar refractivity (Wildman–Crippen MR) is 102 cm³/mol. The van der Waals surface area contributed by atoms with Crippen LogP contribution in [0, 0.1) is 0 Å². The van der Waals surface area contributed by atoms with Crippen LogP contribution >= 0.6 is 11.6 Å². The van der Waals surface area contributed by atoms with Gasteiger partial charge in [0.2, 0.25) is 5.91 Å². The summed E-state index contributed by atoms with van der Waals surface area (Å²) < 4.78 is 0. The fraction of sp³-hybridized carbons (Fsp3) is 0.263. The molecule has 3 aromatic rings. The Kier molecular flexibility index (Phi) is 4.20. The maximum absolute atomic E-state index is 12.3. The highest BCUT2D eigenvalue weighted by atomic mass is 35.5. The predicted octanol–water partition coefficient (Wildman–Crippen LogP) is 3.39. The first-order valence-electron chi connectivity index (χ1n) is 8.36. The Morgan fingerprint density at radius 1 is 1.31 bits per heavy atom. The average molecular weight is 368 g/mol. The van der Waals surface area contributed by atoms with Crippen LogP contribution in [-0.2, 0) is 4.79 Å². The summed E-state index contributed by atoms with van der Waals surface area (Å²) in [6.07, 6.45) is 5.45. The zero-order valence-electron chi connectivity index (χ0n) is 14.6. The van der Waals surface area contributed by atoms with E-state index in [9.17, 15) is 4.79 Å². The number of hydrogen-bond donors (Lipinski definition) is 0. The van der Waals surface area contributed by atoms with Gasteiger partial charge in [-0.1, -0.05) is 11.6 Å². The van der Waals surface area contributed by atoms with Gasteiger partial charge in [0.05, 0.1) is 11.7 Å². The number of pyridine rings is 1. The van der Waals surface area contributed by atoms with Crippen LogP contribution in [0.3, 0.4) is 0 Å². The number of carbonyl (C=O) groups is 1. The van der Waals surface area contributed by atoms with Crippen molar-refractivity contribution in [3.05, 3.63) is 53.6 Å². The molecule has 26 heavy (non-hydrogen) atoms. The first kappa shape index (κ1) is 16.7. The maximum Gasteiger partial charge on any atom is 0.222 e. The molecule has 4 rings (SSSR count). The number of nitrogens with zero attached hydrogens (tertiary/aromatic N) is 5. The van der Waals surface area contributed by atoms with Gasteiger partial charge in [-0.2, -0.15) is 0 Å². The lowest BCUT2D eigenvalue weighted by atomic mass is 9.97. The summed E-state index contributed by atoms with van der Waals surface area (Å²) in [5.74, 6) is 0.978. The number of rotatable bonds is 3. The molecular formula is C19H18ClN5O. The molecule has 2 aromatic heterocycles. The van der Waals surface area contributed by atoms with Gasteiger partial charge in [0.1, 0.15) is 12.1 Å². The molecule has 7 heteroatoms. The van der Waals surface area contributed by atoms with Gasteiger partial charge < -0.3 is 9.80 Å². The molecule has 1 unspecified atom stereocenters. The Balaban J connectivity index is 1.80. The largest absolute Gasteiger partial charge is 0.349 e. The standard InChI is InChI=1S/C19H18ClN5O/c1-24(2)18(26)7-12-10-25(17-4-3-13(20)8-15(12)17)19-14-5-6-21-9-16(14)22-11-23-19/h3-6,8-9,11-12H,7,10H2,1-2H3. The minimum absolute atomic E-state index is 0.0606. The van der Waals surface area contributed by atoms with Crippen LogP contribution < -0.4 is 4.90 Å². The van der Waals surface area contributed by atoms with Crippen molar-refractivity contribution >= 4 is 39.9 Å². The summed E-state index contributed by atoms with van der Waals surface area (Å²) in [5.41, 5.74) is 2.90. The van der Waals surface area contributed by atoms with Gasteiger partial charge in [-0.05, 0) is 29.8 Å². The second kappa shape index (κ2) is 6.53. The molecular weight excluding hydrogens is 350 g/mol. The molecule has 0 aliphatic carbocycles. The van der Waals surface area contributed by atoms with Crippen LogP contribution in [0.2, 0.25) is 5.02 Å². The summed E-state index contributed by atoms with van der Waals surface area (Å²) in [6, 6.07) is 7.73. The smallest absolute Gasteiger partial charge is 0.222 e. The highest BCUT2D eigenvalue weighted by molar-refractivity contribution is 6.30. The lowest BCUT2D eigenvalue weighted by Gasteiger charge is -2.20. The van der Waals surface area contributed by atoms with Crippen LogP contribution in [0.4, 0.5) is 11.5 Å². The Labute approximate surface area is 156 Å². The number of aromatic nitrogens is 3. The Morgan fingerprint density at radius 2 is 2.15 bits per heavy atom. The third-order valence-electron chi connectivity index (χ3n) is 4.72. The third-order valence-corrected chi connectivity index (χ3v) is 4.95. The van der Waals surface area contributed by atoms with Gasteiger partial charge in [0.15, 0.2) is 0 Å². The monoisotopic (exact) mass is 367 g/mol. The van der Waals surface area contributed by atoms with Gasteiger partial charge in [-0.15, -0.1) is 0 Å². The van der Waals surface area contributed by atoms with Crippen LogP contribution in [0.15, 0.2) is 43.0 Å². The minimum atomic E-state index is 0.0606. The lowest BCUT2D eigenvalue weighted by molar-refractivity contribution is -0.129. The number of amides is 1. The molecule has 1 amide bonds. The van der Waals surface area contributed by atoms with Crippen molar-refractivity contribution < 1.29 is 4.79 Å². The summed E-state index contributed by atoms with van der Waals surface area (Å²) in [6.45, 7) is 0.670. The highest BCUT2D eigenvalue weighted by Crippen LogP contribution is 2.44. The normalized spacial score (nSPS) is 16.0. The van der Waals surface area contributed by atoms with Crippen LogP contribution in [0.25, 0.3) is 10.9 Å². The van der Waals surface area contributed by atoms with Crippen LogP contribution in [0.1, 0.15) is 17.9 Å². The zero-order valence-corrected chi connectivity index (χ0v) is 15.3. The van der Waals surface area contributed by atoms with E-state index in [1.165, 1.54) is 0 Å². The van der Waals surface area contributed by atoms with E-state index in [1.54, 1.807) is 37.7 Å². The van der Waals surface area contributed by atoms with E-state index in [-0.39, 0.29) is 11.8 Å². The zero-order chi connectivity index (χ0) is 18.3. The molecule has 0 saturated heterocycles. The van der Waals surface area contributed by atoms with Crippen LogP contribution in [0.5, 0.6) is 0 Å². The van der Waals surface area contributed by atoms with Gasteiger partial charge in [-0.25, -0.2) is 9.97 Å². The van der Waals surface area contributed by atoms with E-state index < -0.39 is 0 Å². The number of benzene rings is 1. The Hall–Kier alpha value is -2.73. The van der Waals surface area contributed by atoms with Gasteiger partial charge in [0, 0.05) is 55.3 Å². The second-order valence-corrected chi connectivity index (χ2v) is 7.03. The Morgan fingerprint density at radius 3 is 2.96 bits per heavy atom. The fourth-order valence-electron chi connectivity index (χ4n) is 3.39. The van der Waals surface area contributed by atoms with Crippen LogP contribution in [-0.4, -0.2) is 46.4 Å². The molecule has 0 saturated carbocycles. The summed E-state index contributed by atoms with van der Waals surface area (Å²) >= 11 is 6.23. The van der Waals surface area contributed by atoms with Crippen molar-refractivity contribution in [2.45, 2.75) is 12.3 Å². The minimum Gasteiger partial charge on any atom is -0.349 e. The first-order valence-corrected chi connectivity index (χ1v) is 8.74. The number of carbonyl (C=O) groups excluding carboxylic acids is 1.